The van der Waals surface area contributed by atoms with Gasteiger partial charge in [-0.25, -0.2) is 14.8 Å². The van der Waals surface area contributed by atoms with Crippen molar-refractivity contribution >= 4 is 17.8 Å². The number of nitrogens with zero attached hydrogens (tertiary/aromatic N) is 4. The highest BCUT2D eigenvalue weighted by molar-refractivity contribution is 5.91. The van der Waals surface area contributed by atoms with Crippen LogP contribution in [0.2, 0.25) is 0 Å². The SMILES string of the molecule is CC(C)CN1C[C@H]2N(C(=O)CN(C)N2C(=O)NCc2ccccc2)[C@@H](C)C1=O. The highest BCUT2D eigenvalue weighted by atomic mass is 16.2. The number of amides is 4. The lowest BCUT2D eigenvalue weighted by Gasteiger charge is -2.54. The maximum atomic E-state index is 13.0. The first-order valence-electron chi connectivity index (χ1n) is 9.71. The van der Waals surface area contributed by atoms with Crippen molar-refractivity contribution in [2.75, 3.05) is 26.7 Å². The number of urea groups is 1. The maximum Gasteiger partial charge on any atom is 0.334 e. The molecule has 8 heteroatoms. The van der Waals surface area contributed by atoms with Crippen molar-refractivity contribution in [3.63, 3.8) is 0 Å². The van der Waals surface area contributed by atoms with E-state index in [0.29, 0.717) is 25.6 Å². The van der Waals surface area contributed by atoms with E-state index >= 15 is 0 Å². The van der Waals surface area contributed by atoms with Gasteiger partial charge in [0.25, 0.3) is 0 Å². The van der Waals surface area contributed by atoms with Crippen LogP contribution < -0.4 is 5.32 Å². The molecule has 4 amide bonds. The molecule has 0 saturated carbocycles. The number of piperazine rings is 1. The van der Waals surface area contributed by atoms with E-state index in [-0.39, 0.29) is 24.4 Å². The van der Waals surface area contributed by atoms with Crippen LogP contribution >= 0.6 is 0 Å². The number of carbonyl (C=O) groups is 3. The van der Waals surface area contributed by atoms with Gasteiger partial charge < -0.3 is 15.1 Å². The molecule has 2 fully saturated rings. The molecule has 0 spiro atoms. The minimum absolute atomic E-state index is 0.0625. The third-order valence-corrected chi connectivity index (χ3v) is 5.17. The fourth-order valence-electron chi connectivity index (χ4n) is 3.93. The fraction of sp³-hybridized carbons (Fsp3) is 0.550. The van der Waals surface area contributed by atoms with Crippen molar-refractivity contribution in [1.29, 1.82) is 0 Å². The Kier molecular flexibility index (Phi) is 5.88. The first kappa shape index (κ1) is 20.1. The number of rotatable bonds is 4. The monoisotopic (exact) mass is 387 g/mol. The van der Waals surface area contributed by atoms with Crippen LogP contribution in [0.5, 0.6) is 0 Å². The number of nitrogens with one attached hydrogen (secondary N) is 1. The lowest BCUT2D eigenvalue weighted by molar-refractivity contribution is -0.186. The van der Waals surface area contributed by atoms with Crippen molar-refractivity contribution in [2.24, 2.45) is 5.92 Å². The average Bonchev–Trinajstić information content (AvgIpc) is 2.64. The molecule has 0 aliphatic carbocycles. The molecular weight excluding hydrogens is 358 g/mol. The second-order valence-corrected chi connectivity index (χ2v) is 7.90. The van der Waals surface area contributed by atoms with E-state index in [1.807, 2.05) is 44.2 Å². The Hall–Kier alpha value is -2.61. The van der Waals surface area contributed by atoms with Gasteiger partial charge in [-0.2, -0.15) is 0 Å². The first-order chi connectivity index (χ1) is 13.3. The summed E-state index contributed by atoms with van der Waals surface area (Å²) in [6, 6.07) is 8.81. The quantitative estimate of drug-likeness (QED) is 0.839. The molecule has 28 heavy (non-hydrogen) atoms. The van der Waals surface area contributed by atoms with Gasteiger partial charge in [0.1, 0.15) is 12.2 Å². The van der Waals surface area contributed by atoms with E-state index < -0.39 is 12.2 Å². The molecule has 0 radical (unpaired) electrons. The van der Waals surface area contributed by atoms with Crippen LogP contribution in [0.3, 0.4) is 0 Å². The number of likely N-dealkylation sites (N-methyl/N-ethyl adjacent to an activating group) is 1. The first-order valence-corrected chi connectivity index (χ1v) is 9.71. The van der Waals surface area contributed by atoms with Gasteiger partial charge in [0, 0.05) is 20.1 Å². The van der Waals surface area contributed by atoms with Gasteiger partial charge in [-0.15, -0.1) is 0 Å². The lowest BCUT2D eigenvalue weighted by atomic mass is 10.1. The van der Waals surface area contributed by atoms with Crippen LogP contribution in [0.25, 0.3) is 0 Å². The minimum atomic E-state index is -0.580. The van der Waals surface area contributed by atoms with E-state index in [1.165, 1.54) is 0 Å². The van der Waals surface area contributed by atoms with Crippen molar-refractivity contribution < 1.29 is 14.4 Å². The molecule has 2 heterocycles. The topological polar surface area (TPSA) is 76.2 Å². The summed E-state index contributed by atoms with van der Waals surface area (Å²) in [5, 5.41) is 6.14. The third kappa shape index (κ3) is 3.96. The molecule has 2 atom stereocenters. The molecule has 2 aliphatic rings. The fourth-order valence-corrected chi connectivity index (χ4v) is 3.93. The van der Waals surface area contributed by atoms with Crippen molar-refractivity contribution in [3.05, 3.63) is 35.9 Å². The zero-order valence-electron chi connectivity index (χ0n) is 17.0. The van der Waals surface area contributed by atoms with Gasteiger partial charge in [-0.1, -0.05) is 44.2 Å². The summed E-state index contributed by atoms with van der Waals surface area (Å²) in [5.41, 5.74) is 0.997. The van der Waals surface area contributed by atoms with Crippen molar-refractivity contribution in [1.82, 2.24) is 25.1 Å². The molecule has 152 valence electrons. The van der Waals surface area contributed by atoms with Crippen molar-refractivity contribution in [2.45, 2.75) is 39.5 Å². The van der Waals surface area contributed by atoms with Crippen LogP contribution in [0, 0.1) is 5.92 Å². The number of benzene rings is 1. The number of hydrogen-bond donors (Lipinski definition) is 1. The summed E-state index contributed by atoms with van der Waals surface area (Å²) < 4.78 is 0. The van der Waals surface area contributed by atoms with E-state index in [2.05, 4.69) is 5.32 Å². The Bertz CT molecular complexity index is 739. The molecule has 2 aliphatic heterocycles. The zero-order valence-corrected chi connectivity index (χ0v) is 17.0. The summed E-state index contributed by atoms with van der Waals surface area (Å²) >= 11 is 0. The Morgan fingerprint density at radius 1 is 1.21 bits per heavy atom. The van der Waals surface area contributed by atoms with E-state index in [1.54, 1.807) is 33.8 Å². The van der Waals surface area contributed by atoms with E-state index in [0.717, 1.165) is 5.56 Å². The van der Waals surface area contributed by atoms with Gasteiger partial charge in [0.15, 0.2) is 0 Å². The number of hydrogen-bond acceptors (Lipinski definition) is 4. The summed E-state index contributed by atoms with van der Waals surface area (Å²) in [6.45, 7) is 7.22. The van der Waals surface area contributed by atoms with Crippen LogP contribution in [-0.2, 0) is 16.1 Å². The third-order valence-electron chi connectivity index (χ3n) is 5.17. The second-order valence-electron chi connectivity index (χ2n) is 7.90. The van der Waals surface area contributed by atoms with Gasteiger partial charge in [0.05, 0.1) is 13.1 Å². The molecular formula is C20H29N5O3. The second kappa shape index (κ2) is 8.18. The van der Waals surface area contributed by atoms with Crippen LogP contribution in [-0.4, -0.2) is 76.6 Å². The molecule has 8 nitrogen and oxygen atoms in total. The Balaban J connectivity index is 1.79. The predicted octanol–water partition coefficient (Wildman–Crippen LogP) is 1.10. The molecule has 1 aromatic rings. The zero-order chi connectivity index (χ0) is 20.4. The Morgan fingerprint density at radius 2 is 1.89 bits per heavy atom. The maximum absolute atomic E-state index is 13.0. The standard InChI is InChI=1S/C20H29N5O3/c1-14(2)11-23-12-17-24(15(3)19(23)27)18(26)13-22(4)25(17)20(28)21-10-16-8-6-5-7-9-16/h5-9,14-15,17H,10-13H2,1-4H3,(H,21,28)/t15-,17-/m0/s1. The summed E-state index contributed by atoms with van der Waals surface area (Å²) in [7, 11) is 1.73. The van der Waals surface area contributed by atoms with E-state index in [9.17, 15) is 14.4 Å². The lowest BCUT2D eigenvalue weighted by Crippen LogP contribution is -2.75. The molecule has 2 saturated heterocycles. The highest BCUT2D eigenvalue weighted by Crippen LogP contribution is 2.26. The van der Waals surface area contributed by atoms with Gasteiger partial charge in [0.2, 0.25) is 11.8 Å². The number of carbonyl (C=O) groups excluding carboxylic acids is 3. The summed E-state index contributed by atoms with van der Waals surface area (Å²) in [6.07, 6.45) is -0.506. The molecule has 0 aromatic heterocycles. The Morgan fingerprint density at radius 3 is 2.54 bits per heavy atom. The highest BCUT2D eigenvalue weighted by Gasteiger charge is 2.49. The summed E-state index contributed by atoms with van der Waals surface area (Å²) in [5.74, 6) is 0.109. The van der Waals surface area contributed by atoms with Gasteiger partial charge >= 0.3 is 6.03 Å². The average molecular weight is 387 g/mol. The molecule has 0 unspecified atom stereocenters. The van der Waals surface area contributed by atoms with Crippen LogP contribution in [0.1, 0.15) is 26.3 Å². The number of hydrazine groups is 1. The molecule has 1 N–H and O–H groups in total. The minimum Gasteiger partial charge on any atom is -0.337 e. The normalized spacial score (nSPS) is 23.2. The smallest absolute Gasteiger partial charge is 0.334 e. The van der Waals surface area contributed by atoms with E-state index in [4.69, 9.17) is 0 Å². The largest absolute Gasteiger partial charge is 0.337 e. The van der Waals surface area contributed by atoms with Gasteiger partial charge in [-0.3, -0.25) is 9.59 Å². The molecule has 3 rings (SSSR count). The summed E-state index contributed by atoms with van der Waals surface area (Å²) in [4.78, 5) is 41.7. The van der Waals surface area contributed by atoms with Crippen molar-refractivity contribution in [3.8, 4) is 0 Å². The Labute approximate surface area is 166 Å². The van der Waals surface area contributed by atoms with Gasteiger partial charge in [-0.05, 0) is 18.4 Å². The van der Waals surface area contributed by atoms with Crippen LogP contribution in [0.15, 0.2) is 30.3 Å². The molecule has 0 bridgehead atoms. The number of fused-ring (bicyclic) bond motifs is 1. The molecule has 1 aromatic carbocycles. The predicted molar refractivity (Wildman–Crippen MR) is 105 cm³/mol. The van der Waals surface area contributed by atoms with Crippen LogP contribution in [0.4, 0.5) is 4.79 Å².